The highest BCUT2D eigenvalue weighted by atomic mass is 16.3. The van der Waals surface area contributed by atoms with Gasteiger partial charge in [0.05, 0.1) is 24.0 Å². The van der Waals surface area contributed by atoms with Gasteiger partial charge in [0, 0.05) is 19.7 Å². The lowest BCUT2D eigenvalue weighted by molar-refractivity contribution is -0.124. The zero-order valence-electron chi connectivity index (χ0n) is 12.1. The molecule has 0 spiro atoms. The Morgan fingerprint density at radius 1 is 1.38 bits per heavy atom. The van der Waals surface area contributed by atoms with Crippen LogP contribution < -0.4 is 0 Å². The number of ketones is 1. The van der Waals surface area contributed by atoms with E-state index in [0.717, 1.165) is 24.1 Å². The Balaban J connectivity index is 1.79. The summed E-state index contributed by atoms with van der Waals surface area (Å²) in [5.74, 6) is 0.0318. The summed E-state index contributed by atoms with van der Waals surface area (Å²) >= 11 is 0. The van der Waals surface area contributed by atoms with Crippen LogP contribution in [0.3, 0.4) is 0 Å². The van der Waals surface area contributed by atoms with Crippen molar-refractivity contribution in [1.29, 1.82) is 0 Å². The van der Waals surface area contributed by atoms with Gasteiger partial charge in [0.2, 0.25) is 0 Å². The quantitative estimate of drug-likeness (QED) is 0.937. The first-order chi connectivity index (χ1) is 10.1. The van der Waals surface area contributed by atoms with Gasteiger partial charge in [-0.2, -0.15) is 0 Å². The number of aliphatic hydroxyl groups is 1. The zero-order chi connectivity index (χ0) is 14.8. The molecule has 0 radical (unpaired) electrons. The minimum atomic E-state index is -0.713. The predicted molar refractivity (Wildman–Crippen MR) is 79.5 cm³/mol. The van der Waals surface area contributed by atoms with Gasteiger partial charge in [-0.1, -0.05) is 30.3 Å². The number of rotatable bonds is 4. The Morgan fingerprint density at radius 3 is 2.81 bits per heavy atom. The van der Waals surface area contributed by atoms with Crippen molar-refractivity contribution in [3.8, 4) is 0 Å². The number of aromatic nitrogens is 2. The van der Waals surface area contributed by atoms with Crippen molar-refractivity contribution in [2.45, 2.75) is 25.4 Å². The van der Waals surface area contributed by atoms with Crippen LogP contribution in [0.2, 0.25) is 0 Å². The lowest BCUT2D eigenvalue weighted by atomic mass is 9.84. The summed E-state index contributed by atoms with van der Waals surface area (Å²) in [6.07, 6.45) is 5.19. The Hall–Kier alpha value is -1.94. The summed E-state index contributed by atoms with van der Waals surface area (Å²) in [7, 11) is 1.94. The fourth-order valence-corrected chi connectivity index (χ4v) is 3.30. The van der Waals surface area contributed by atoms with E-state index in [2.05, 4.69) is 4.98 Å². The Kier molecular flexibility index (Phi) is 3.88. The van der Waals surface area contributed by atoms with Crippen LogP contribution in [0, 0.1) is 11.8 Å². The highest BCUT2D eigenvalue weighted by molar-refractivity contribution is 5.84. The fraction of sp³-hybridized carbons (Fsp3) is 0.412. The van der Waals surface area contributed by atoms with E-state index in [9.17, 15) is 9.90 Å². The summed E-state index contributed by atoms with van der Waals surface area (Å²) in [4.78, 5) is 16.6. The third kappa shape index (κ3) is 2.90. The van der Waals surface area contributed by atoms with Crippen molar-refractivity contribution in [2.75, 3.05) is 0 Å². The van der Waals surface area contributed by atoms with Crippen molar-refractivity contribution < 1.29 is 9.90 Å². The second kappa shape index (κ2) is 5.82. The first-order valence-corrected chi connectivity index (χ1v) is 7.37. The highest BCUT2D eigenvalue weighted by Gasteiger charge is 2.40. The minimum Gasteiger partial charge on any atom is -0.388 e. The van der Waals surface area contributed by atoms with Gasteiger partial charge in [0.1, 0.15) is 5.78 Å². The van der Waals surface area contributed by atoms with Crippen LogP contribution in [0.1, 0.15) is 30.2 Å². The molecule has 0 saturated heterocycles. The van der Waals surface area contributed by atoms with Gasteiger partial charge in [-0.3, -0.25) is 4.79 Å². The molecule has 3 atom stereocenters. The Labute approximate surface area is 124 Å². The van der Waals surface area contributed by atoms with Crippen LogP contribution in [0.15, 0.2) is 42.9 Å². The highest BCUT2D eigenvalue weighted by Crippen LogP contribution is 2.39. The number of aryl methyl sites for hydroxylation is 1. The van der Waals surface area contributed by atoms with E-state index in [4.69, 9.17) is 0 Å². The Morgan fingerprint density at radius 2 is 2.14 bits per heavy atom. The molecule has 21 heavy (non-hydrogen) atoms. The molecule has 4 nitrogen and oxygen atoms in total. The normalized spacial score (nSPS) is 23.4. The summed E-state index contributed by atoms with van der Waals surface area (Å²) in [6, 6.07) is 9.47. The monoisotopic (exact) mass is 284 g/mol. The third-order valence-electron chi connectivity index (χ3n) is 4.35. The molecule has 1 saturated carbocycles. The predicted octanol–water partition coefficient (Wildman–Crippen LogP) is 2.29. The lowest BCUT2D eigenvalue weighted by Crippen LogP contribution is -2.24. The first-order valence-electron chi connectivity index (χ1n) is 7.37. The molecule has 1 heterocycles. The van der Waals surface area contributed by atoms with Crippen molar-refractivity contribution in [2.24, 2.45) is 18.9 Å². The van der Waals surface area contributed by atoms with E-state index >= 15 is 0 Å². The number of hydrogen-bond acceptors (Lipinski definition) is 3. The van der Waals surface area contributed by atoms with Gasteiger partial charge in [-0.05, 0) is 24.3 Å². The van der Waals surface area contributed by atoms with Gasteiger partial charge >= 0.3 is 0 Å². The number of benzene rings is 1. The Bertz CT molecular complexity index is 621. The minimum absolute atomic E-state index is 0.169. The molecule has 1 aromatic carbocycles. The van der Waals surface area contributed by atoms with E-state index in [1.165, 1.54) is 0 Å². The molecule has 1 fully saturated rings. The molecule has 110 valence electrons. The number of Topliss-reactive ketones (excluding diaryl/α,β-unsaturated/α-hetero) is 1. The number of carbonyl (C=O) groups excluding carboxylic acids is 1. The maximum atomic E-state index is 12.2. The van der Waals surface area contributed by atoms with E-state index < -0.39 is 6.10 Å². The van der Waals surface area contributed by atoms with Crippen molar-refractivity contribution in [3.05, 3.63) is 54.1 Å². The lowest BCUT2D eigenvalue weighted by Gasteiger charge is -2.23. The van der Waals surface area contributed by atoms with Gasteiger partial charge in [0.15, 0.2) is 0 Å². The van der Waals surface area contributed by atoms with E-state index in [1.54, 1.807) is 6.33 Å². The SMILES string of the molecule is Cn1cnc(C[C@H]2CCC(=O)[C@@H]2[C@H](O)c2ccccc2)c1. The van der Waals surface area contributed by atoms with Gasteiger partial charge in [-0.25, -0.2) is 4.98 Å². The van der Waals surface area contributed by atoms with Crippen LogP contribution >= 0.6 is 0 Å². The molecule has 4 heteroatoms. The maximum Gasteiger partial charge on any atom is 0.139 e. The topological polar surface area (TPSA) is 55.1 Å². The van der Waals surface area contributed by atoms with Crippen molar-refractivity contribution in [1.82, 2.24) is 9.55 Å². The summed E-state index contributed by atoms with van der Waals surface area (Å²) in [6.45, 7) is 0. The first kappa shape index (κ1) is 14.0. The molecule has 0 unspecified atom stereocenters. The fourth-order valence-electron chi connectivity index (χ4n) is 3.30. The van der Waals surface area contributed by atoms with Crippen molar-refractivity contribution >= 4 is 5.78 Å². The molecule has 1 aliphatic rings. The van der Waals surface area contributed by atoms with Crippen LogP contribution in [0.25, 0.3) is 0 Å². The van der Waals surface area contributed by atoms with Crippen LogP contribution in [0.4, 0.5) is 0 Å². The number of hydrogen-bond donors (Lipinski definition) is 1. The van der Waals surface area contributed by atoms with Crippen LogP contribution in [-0.2, 0) is 18.3 Å². The number of nitrogens with zero attached hydrogens (tertiary/aromatic N) is 2. The molecule has 0 aliphatic heterocycles. The van der Waals surface area contributed by atoms with Gasteiger partial charge in [-0.15, -0.1) is 0 Å². The number of aliphatic hydroxyl groups excluding tert-OH is 1. The molecule has 1 aromatic heterocycles. The zero-order valence-corrected chi connectivity index (χ0v) is 12.1. The molecule has 1 aliphatic carbocycles. The average Bonchev–Trinajstić information content (AvgIpc) is 3.06. The van der Waals surface area contributed by atoms with E-state index in [-0.39, 0.29) is 17.6 Å². The molecular formula is C17H20N2O2. The smallest absolute Gasteiger partial charge is 0.139 e. The second-order valence-electron chi connectivity index (χ2n) is 5.88. The molecule has 3 rings (SSSR count). The van der Waals surface area contributed by atoms with Crippen molar-refractivity contribution in [3.63, 3.8) is 0 Å². The summed E-state index contributed by atoms with van der Waals surface area (Å²) < 4.78 is 1.91. The van der Waals surface area contributed by atoms with E-state index in [0.29, 0.717) is 6.42 Å². The third-order valence-corrected chi connectivity index (χ3v) is 4.35. The molecule has 2 aromatic rings. The largest absolute Gasteiger partial charge is 0.388 e. The van der Waals surface area contributed by atoms with Gasteiger partial charge < -0.3 is 9.67 Å². The molecule has 0 amide bonds. The van der Waals surface area contributed by atoms with E-state index in [1.807, 2.05) is 48.1 Å². The maximum absolute atomic E-state index is 12.2. The van der Waals surface area contributed by atoms with Crippen LogP contribution in [0.5, 0.6) is 0 Å². The average molecular weight is 284 g/mol. The number of carbonyl (C=O) groups is 1. The number of imidazole rings is 1. The summed E-state index contributed by atoms with van der Waals surface area (Å²) in [5, 5.41) is 10.6. The standard InChI is InChI=1S/C17H20N2O2/c1-19-10-14(18-11-19)9-13-7-8-15(20)16(13)17(21)12-5-3-2-4-6-12/h2-6,10-11,13,16-17,21H,7-9H2,1H3/t13-,16-,17-/m1/s1. The molecule has 0 bridgehead atoms. The van der Waals surface area contributed by atoms with Gasteiger partial charge in [0.25, 0.3) is 0 Å². The molecule has 1 N–H and O–H groups in total. The second-order valence-corrected chi connectivity index (χ2v) is 5.88. The van der Waals surface area contributed by atoms with Crippen LogP contribution in [-0.4, -0.2) is 20.4 Å². The summed E-state index contributed by atoms with van der Waals surface area (Å²) in [5.41, 5.74) is 1.81. The molecular weight excluding hydrogens is 264 g/mol.